The molecular formula is C79H138N6O16. The highest BCUT2D eigenvalue weighted by molar-refractivity contribution is 5.80. The molecule has 0 aromatic heterocycles. The molecule has 0 aliphatic heterocycles. The van der Waals surface area contributed by atoms with Gasteiger partial charge in [-0.05, 0) is 228 Å². The van der Waals surface area contributed by atoms with Crippen molar-refractivity contribution in [3.63, 3.8) is 0 Å². The molecule has 8 aliphatic carbocycles. The fourth-order valence-electron chi connectivity index (χ4n) is 22.1. The Morgan fingerprint density at radius 1 is 0.416 bits per heavy atom. The number of hydrogen-bond acceptors (Lipinski definition) is 16. The van der Waals surface area contributed by atoms with E-state index in [9.17, 15) is 59.4 Å². The van der Waals surface area contributed by atoms with Crippen molar-refractivity contribution in [1.29, 1.82) is 0 Å². The number of nitrogens with one attached hydrogen (secondary N) is 6. The first-order valence-electron chi connectivity index (χ1n) is 40.4. The van der Waals surface area contributed by atoms with Crippen LogP contribution in [0.1, 0.15) is 241 Å². The smallest absolute Gasteiger partial charge is 0.245 e. The number of aliphatic hydroxyl groups is 6. The molecule has 12 N–H and O–H groups in total. The zero-order chi connectivity index (χ0) is 72.9. The quantitative estimate of drug-likeness (QED) is 0.0262. The second-order valence-electron chi connectivity index (χ2n) is 34.0. The van der Waals surface area contributed by atoms with Gasteiger partial charge in [-0.1, -0.05) is 80.6 Å². The Kier molecular flexibility index (Phi) is 32.8. The Balaban J connectivity index is 0.617. The summed E-state index contributed by atoms with van der Waals surface area (Å²) in [7, 11) is 0. The minimum atomic E-state index is -0.462. The Bertz CT molecular complexity index is 2590. The van der Waals surface area contributed by atoms with E-state index in [0.717, 1.165) is 96.3 Å². The van der Waals surface area contributed by atoms with Crippen molar-refractivity contribution in [2.24, 2.45) is 92.7 Å². The molecule has 8 aliphatic rings. The van der Waals surface area contributed by atoms with Crippen molar-refractivity contribution >= 4 is 35.4 Å². The molecule has 0 spiro atoms. The normalized spacial score (nSPS) is 35.6. The molecule has 10 unspecified atom stereocenters. The molecule has 8 fully saturated rings. The third-order valence-electron chi connectivity index (χ3n) is 27.9. The van der Waals surface area contributed by atoms with E-state index in [1.807, 2.05) is 0 Å². The van der Waals surface area contributed by atoms with E-state index < -0.39 is 30.5 Å². The lowest BCUT2D eigenvalue weighted by molar-refractivity contribution is -0.207. The second kappa shape index (κ2) is 39.9. The molecule has 8 saturated carbocycles. The van der Waals surface area contributed by atoms with E-state index in [1.165, 1.54) is 19.3 Å². The van der Waals surface area contributed by atoms with Crippen LogP contribution in [-0.4, -0.2) is 194 Å². The summed E-state index contributed by atoms with van der Waals surface area (Å²) < 4.78 is 22.4. The van der Waals surface area contributed by atoms with Crippen LogP contribution >= 0.6 is 0 Å². The largest absolute Gasteiger partial charge is 0.393 e. The average Bonchev–Trinajstić information content (AvgIpc) is 1.73. The van der Waals surface area contributed by atoms with Crippen LogP contribution in [0.4, 0.5) is 0 Å². The molecule has 8 rings (SSSR count). The molecular weight excluding hydrogens is 1290 g/mol. The number of fused-ring (bicyclic) bond motifs is 10. The molecule has 0 aromatic rings. The van der Waals surface area contributed by atoms with Gasteiger partial charge in [0, 0.05) is 64.4 Å². The number of rotatable bonds is 43. The topological polar surface area (TPSA) is 333 Å². The van der Waals surface area contributed by atoms with E-state index in [1.54, 1.807) is 0 Å². The first kappa shape index (κ1) is 83.1. The first-order chi connectivity index (χ1) is 48.3. The number of carbonyl (C=O) groups is 6. The molecule has 23 atom stereocenters. The summed E-state index contributed by atoms with van der Waals surface area (Å²) in [5.41, 5.74) is -0.555. The summed E-state index contributed by atoms with van der Waals surface area (Å²) >= 11 is 0. The van der Waals surface area contributed by atoms with Gasteiger partial charge < -0.3 is 81.5 Å². The van der Waals surface area contributed by atoms with E-state index in [-0.39, 0.29) is 199 Å². The van der Waals surface area contributed by atoms with Crippen LogP contribution in [0.15, 0.2) is 0 Å². The molecule has 0 aromatic carbocycles. The van der Waals surface area contributed by atoms with Crippen molar-refractivity contribution < 1.29 is 78.4 Å². The highest BCUT2D eigenvalue weighted by Gasteiger charge is 2.68. The summed E-state index contributed by atoms with van der Waals surface area (Å²) in [6, 6.07) is -0.402. The van der Waals surface area contributed by atoms with Gasteiger partial charge in [0.25, 0.3) is 0 Å². The SMILES string of the molecule is CCCCCCCCNC(=O)C[C@H](CCCCNC(=O)COCCOCCNC(=O)CCC(C)[C@H]1CCC2C3C(C[C@H](O)[C@@]21C)[C@@]1(C)CC[C@@H](O)CC1C[C@H]3O)NC(=O)CCCNC(=O)COCCOCCNC(=O)CCC(C)[C@H]1CCC2C3C(C[C@H](O)[C@@]21C)[C@@]1(C)CC[C@@H](O)CC1C[C@H]3O. The lowest BCUT2D eigenvalue weighted by atomic mass is 9.43. The van der Waals surface area contributed by atoms with Crippen LogP contribution < -0.4 is 31.9 Å². The molecule has 0 heterocycles. The fraction of sp³-hybridized carbons (Fsp3) is 0.924. The van der Waals surface area contributed by atoms with E-state index in [0.29, 0.717) is 104 Å². The Labute approximate surface area is 605 Å². The van der Waals surface area contributed by atoms with Gasteiger partial charge >= 0.3 is 0 Å². The van der Waals surface area contributed by atoms with Gasteiger partial charge in [-0.15, -0.1) is 0 Å². The van der Waals surface area contributed by atoms with Crippen LogP contribution in [0.2, 0.25) is 0 Å². The zero-order valence-corrected chi connectivity index (χ0v) is 63.1. The van der Waals surface area contributed by atoms with Crippen molar-refractivity contribution in [2.45, 2.75) is 284 Å². The van der Waals surface area contributed by atoms with Gasteiger partial charge in [0.2, 0.25) is 35.4 Å². The third-order valence-corrected chi connectivity index (χ3v) is 27.9. The molecule has 22 nitrogen and oxygen atoms in total. The van der Waals surface area contributed by atoms with Crippen molar-refractivity contribution in [2.75, 3.05) is 85.6 Å². The van der Waals surface area contributed by atoms with Gasteiger partial charge in [0.05, 0.1) is 76.3 Å². The highest BCUT2D eigenvalue weighted by atomic mass is 16.5. The first-order valence-corrected chi connectivity index (χ1v) is 40.4. The molecule has 580 valence electrons. The Morgan fingerprint density at radius 2 is 0.842 bits per heavy atom. The number of ether oxygens (including phenoxy) is 4. The molecule has 0 saturated heterocycles. The maximum Gasteiger partial charge on any atom is 0.245 e. The Morgan fingerprint density at radius 3 is 1.33 bits per heavy atom. The van der Waals surface area contributed by atoms with Crippen molar-refractivity contribution in [3.05, 3.63) is 0 Å². The number of unbranched alkanes of at least 4 members (excludes halogenated alkanes) is 6. The standard InChI is InChI=1S/C79H138N6O16/c1-8-9-10-11-12-14-31-80-71(95)46-55(17-13-15-32-81-72(96)49-100-40-38-98-36-34-83-68(92)25-19-51(2)58-21-23-60-74-62(47-66(90)78(58,60)6)76(4)29-27-56(86)42-53(76)44-64(74)88)85-70(94)18-16-33-82-73(97)50-101-41-39-99-37-35-84-69(93)26-20-52(3)59-22-24-61-75-63(48-67(91)79(59,61)7)77(5)30-28-57(87)43-54(77)45-65(75)89/h51-67,74-75,86-91H,8-50H2,1-7H3,(H,80,95)(H,81,96)(H,82,97)(H,83,92)(H,84,93)(H,85,94)/t51?,52?,53?,54?,55-,56+,57+,58+,59+,60?,61?,62?,63?,64+,65+,66-,67-,74?,75?,76-,77-,78+,79+/m0/s1. The van der Waals surface area contributed by atoms with Gasteiger partial charge in [0.1, 0.15) is 13.2 Å². The minimum Gasteiger partial charge on any atom is -0.393 e. The van der Waals surface area contributed by atoms with E-state index in [4.69, 9.17) is 18.9 Å². The van der Waals surface area contributed by atoms with Crippen LogP contribution in [0, 0.1) is 92.7 Å². The highest BCUT2D eigenvalue weighted by Crippen LogP contribution is 2.70. The van der Waals surface area contributed by atoms with Crippen LogP contribution in [0.5, 0.6) is 0 Å². The van der Waals surface area contributed by atoms with Crippen LogP contribution in [-0.2, 0) is 47.7 Å². The number of amides is 6. The molecule has 0 bridgehead atoms. The minimum absolute atomic E-state index is 0.0307. The third kappa shape index (κ3) is 21.8. The summed E-state index contributed by atoms with van der Waals surface area (Å²) in [4.78, 5) is 77.2. The van der Waals surface area contributed by atoms with Gasteiger partial charge in [-0.3, -0.25) is 28.8 Å². The summed E-state index contributed by atoms with van der Waals surface area (Å²) in [5.74, 6) is 1.85. The molecule has 0 radical (unpaired) electrons. The monoisotopic (exact) mass is 1430 g/mol. The number of aliphatic hydroxyl groups excluding tert-OH is 6. The fourth-order valence-corrected chi connectivity index (χ4v) is 22.1. The number of carbonyl (C=O) groups excluding carboxylic acids is 6. The van der Waals surface area contributed by atoms with Gasteiger partial charge in [0.15, 0.2) is 0 Å². The van der Waals surface area contributed by atoms with E-state index >= 15 is 0 Å². The molecule has 6 amide bonds. The maximum absolute atomic E-state index is 13.1. The zero-order valence-electron chi connectivity index (χ0n) is 63.1. The predicted molar refractivity (Wildman–Crippen MR) is 386 cm³/mol. The number of hydrogen-bond donors (Lipinski definition) is 12. The van der Waals surface area contributed by atoms with E-state index in [2.05, 4.69) is 80.4 Å². The Hall–Kier alpha value is -3.58. The maximum atomic E-state index is 13.1. The van der Waals surface area contributed by atoms with Gasteiger partial charge in [-0.25, -0.2) is 0 Å². The predicted octanol–water partition coefficient (Wildman–Crippen LogP) is 7.58. The van der Waals surface area contributed by atoms with Crippen molar-refractivity contribution in [3.8, 4) is 0 Å². The lowest BCUT2D eigenvalue weighted by Crippen LogP contribution is -2.62. The molecule has 22 heteroatoms. The van der Waals surface area contributed by atoms with Gasteiger partial charge in [-0.2, -0.15) is 0 Å². The summed E-state index contributed by atoms with van der Waals surface area (Å²) in [5, 5.41) is 85.7. The second-order valence-corrected chi connectivity index (χ2v) is 34.0. The average molecular weight is 1430 g/mol. The molecule has 101 heavy (non-hydrogen) atoms. The summed E-state index contributed by atoms with van der Waals surface area (Å²) in [6.07, 6.45) is 20.8. The van der Waals surface area contributed by atoms with Crippen molar-refractivity contribution in [1.82, 2.24) is 31.9 Å². The summed E-state index contributed by atoms with van der Waals surface area (Å²) in [6.45, 7) is 19.0. The lowest BCUT2D eigenvalue weighted by Gasteiger charge is -2.63. The van der Waals surface area contributed by atoms with Crippen LogP contribution in [0.3, 0.4) is 0 Å². The van der Waals surface area contributed by atoms with Crippen LogP contribution in [0.25, 0.3) is 0 Å².